The maximum Gasteiger partial charge on any atom is 0.327 e. The van der Waals surface area contributed by atoms with Crippen LogP contribution < -0.4 is 11.0 Å². The van der Waals surface area contributed by atoms with E-state index in [1.807, 2.05) is 41.2 Å². The van der Waals surface area contributed by atoms with Gasteiger partial charge in [-0.25, -0.2) is 9.78 Å². The second kappa shape index (κ2) is 8.43. The molecule has 0 fully saturated rings. The highest BCUT2D eigenvalue weighted by atomic mass is 16.3. The van der Waals surface area contributed by atoms with E-state index in [4.69, 9.17) is 4.42 Å². The normalized spacial score (nSPS) is 11.4. The molecule has 4 heterocycles. The average Bonchev–Trinajstić information content (AvgIpc) is 3.57. The van der Waals surface area contributed by atoms with Gasteiger partial charge in [-0.05, 0) is 36.6 Å². The van der Waals surface area contributed by atoms with Crippen molar-refractivity contribution in [2.45, 2.75) is 25.9 Å². The first-order chi connectivity index (χ1) is 15.3. The molecule has 5 rings (SSSR count). The fraction of sp³-hybridized carbons (Fsp3) is 0.217. The van der Waals surface area contributed by atoms with Crippen LogP contribution in [0.25, 0.3) is 22.4 Å². The Morgan fingerprint density at radius 2 is 2.06 bits per heavy atom. The maximum atomic E-state index is 12.7. The van der Waals surface area contributed by atoms with Gasteiger partial charge in [0.2, 0.25) is 0 Å². The summed E-state index contributed by atoms with van der Waals surface area (Å²) in [5.41, 5.74) is 2.97. The number of furan rings is 1. The molecular formula is C23H24N6O2. The van der Waals surface area contributed by atoms with Crippen molar-refractivity contribution in [2.75, 3.05) is 11.9 Å². The zero-order valence-corrected chi connectivity index (χ0v) is 17.0. The van der Waals surface area contributed by atoms with Crippen molar-refractivity contribution < 1.29 is 4.42 Å². The van der Waals surface area contributed by atoms with Gasteiger partial charge in [0.15, 0.2) is 5.76 Å². The molecular weight excluding hydrogens is 392 g/mol. The van der Waals surface area contributed by atoms with Gasteiger partial charge < -0.3 is 19.3 Å². The van der Waals surface area contributed by atoms with E-state index in [1.54, 1.807) is 23.4 Å². The Labute approximate surface area is 178 Å². The number of benzene rings is 1. The van der Waals surface area contributed by atoms with Crippen molar-refractivity contribution in [1.29, 1.82) is 0 Å². The number of aromatic nitrogens is 5. The minimum Gasteiger partial charge on any atom is -0.463 e. The molecule has 0 unspecified atom stereocenters. The lowest BCUT2D eigenvalue weighted by molar-refractivity contribution is 0.540. The van der Waals surface area contributed by atoms with Crippen LogP contribution in [0.5, 0.6) is 0 Å². The summed E-state index contributed by atoms with van der Waals surface area (Å²) in [7, 11) is 0. The van der Waals surface area contributed by atoms with Gasteiger partial charge in [-0.15, -0.1) is 0 Å². The summed E-state index contributed by atoms with van der Waals surface area (Å²) in [5.74, 6) is 1.35. The number of aryl methyl sites for hydroxylation is 1. The molecule has 0 bridgehead atoms. The molecule has 0 aliphatic carbocycles. The molecule has 0 saturated heterocycles. The third kappa shape index (κ3) is 3.92. The van der Waals surface area contributed by atoms with E-state index < -0.39 is 0 Å². The number of nitrogens with one attached hydrogen (secondary N) is 3. The molecule has 3 N–H and O–H groups in total. The summed E-state index contributed by atoms with van der Waals surface area (Å²) in [6.07, 6.45) is 10.8. The predicted molar refractivity (Wildman–Crippen MR) is 120 cm³/mol. The van der Waals surface area contributed by atoms with Crippen LogP contribution in [0.4, 0.5) is 5.82 Å². The number of fused-ring (bicyclic) bond motifs is 1. The molecule has 158 valence electrons. The maximum absolute atomic E-state index is 12.7. The van der Waals surface area contributed by atoms with Gasteiger partial charge >= 0.3 is 5.69 Å². The molecule has 4 aromatic heterocycles. The SMILES string of the molecule is O=c1[nH]c(NCCc2c[nH]c3ccccc23)c(-c2ccco2)n1CCCn1ccnc1. The Kier molecular flexibility index (Phi) is 5.18. The van der Waals surface area contributed by atoms with Crippen LogP contribution in [-0.4, -0.2) is 30.6 Å². The zero-order chi connectivity index (χ0) is 21.0. The van der Waals surface area contributed by atoms with Gasteiger partial charge in [-0.2, -0.15) is 0 Å². The third-order valence-electron chi connectivity index (χ3n) is 5.47. The van der Waals surface area contributed by atoms with Crippen LogP contribution in [-0.2, 0) is 19.5 Å². The zero-order valence-electron chi connectivity index (χ0n) is 17.0. The number of H-pyrrole nitrogens is 2. The summed E-state index contributed by atoms with van der Waals surface area (Å²) in [5, 5.41) is 4.63. The van der Waals surface area contributed by atoms with Crippen LogP contribution in [0, 0.1) is 0 Å². The molecule has 0 saturated carbocycles. The Morgan fingerprint density at radius 3 is 2.90 bits per heavy atom. The molecule has 0 spiro atoms. The van der Waals surface area contributed by atoms with E-state index in [-0.39, 0.29) is 5.69 Å². The molecule has 31 heavy (non-hydrogen) atoms. The topological polar surface area (TPSA) is 96.6 Å². The van der Waals surface area contributed by atoms with Gasteiger partial charge in [0.05, 0.1) is 12.6 Å². The van der Waals surface area contributed by atoms with E-state index >= 15 is 0 Å². The van der Waals surface area contributed by atoms with Gasteiger partial charge in [0.1, 0.15) is 11.5 Å². The van der Waals surface area contributed by atoms with Crippen molar-refractivity contribution >= 4 is 16.7 Å². The van der Waals surface area contributed by atoms with Crippen molar-refractivity contribution in [3.63, 3.8) is 0 Å². The number of nitrogens with zero attached hydrogens (tertiary/aromatic N) is 3. The van der Waals surface area contributed by atoms with E-state index in [2.05, 4.69) is 32.4 Å². The molecule has 0 atom stereocenters. The summed E-state index contributed by atoms with van der Waals surface area (Å²) < 4.78 is 9.38. The van der Waals surface area contributed by atoms with Crippen molar-refractivity contribution in [1.82, 2.24) is 24.1 Å². The summed E-state index contributed by atoms with van der Waals surface area (Å²) in [6, 6.07) is 12.0. The van der Waals surface area contributed by atoms with Gasteiger partial charge in [0.25, 0.3) is 0 Å². The van der Waals surface area contributed by atoms with Crippen LogP contribution >= 0.6 is 0 Å². The first-order valence-corrected chi connectivity index (χ1v) is 10.4. The Hall–Kier alpha value is -3.94. The first kappa shape index (κ1) is 19.0. The summed E-state index contributed by atoms with van der Waals surface area (Å²) >= 11 is 0. The minimum absolute atomic E-state index is 0.147. The van der Waals surface area contributed by atoms with Crippen LogP contribution in [0.3, 0.4) is 0 Å². The first-order valence-electron chi connectivity index (χ1n) is 10.4. The molecule has 0 aliphatic heterocycles. The summed E-state index contributed by atoms with van der Waals surface area (Å²) in [6.45, 7) is 2.05. The van der Waals surface area contributed by atoms with E-state index in [0.717, 1.165) is 30.6 Å². The highest BCUT2D eigenvalue weighted by Crippen LogP contribution is 2.26. The number of hydrogen-bond donors (Lipinski definition) is 3. The molecule has 1 aromatic carbocycles. The van der Waals surface area contributed by atoms with E-state index in [0.29, 0.717) is 24.7 Å². The quantitative estimate of drug-likeness (QED) is 0.340. The van der Waals surface area contributed by atoms with Crippen LogP contribution in [0.15, 0.2) is 76.8 Å². The lowest BCUT2D eigenvalue weighted by atomic mass is 10.1. The lowest BCUT2D eigenvalue weighted by Gasteiger charge is -2.09. The molecule has 8 heteroatoms. The molecule has 8 nitrogen and oxygen atoms in total. The number of para-hydroxylation sites is 1. The molecule has 0 amide bonds. The number of imidazole rings is 2. The van der Waals surface area contributed by atoms with Crippen molar-refractivity contribution in [3.8, 4) is 11.5 Å². The molecule has 0 radical (unpaired) electrons. The van der Waals surface area contributed by atoms with Gasteiger partial charge in [-0.1, -0.05) is 18.2 Å². The number of hydrogen-bond acceptors (Lipinski definition) is 4. The van der Waals surface area contributed by atoms with Crippen molar-refractivity contribution in [3.05, 3.63) is 83.6 Å². The van der Waals surface area contributed by atoms with Crippen LogP contribution in [0.1, 0.15) is 12.0 Å². The van der Waals surface area contributed by atoms with Crippen LogP contribution in [0.2, 0.25) is 0 Å². The van der Waals surface area contributed by atoms with E-state index in [9.17, 15) is 4.79 Å². The Bertz CT molecular complexity index is 1310. The second-order valence-electron chi connectivity index (χ2n) is 7.47. The molecule has 5 aromatic rings. The number of rotatable bonds is 9. The number of aromatic amines is 2. The fourth-order valence-corrected chi connectivity index (χ4v) is 3.97. The third-order valence-corrected chi connectivity index (χ3v) is 5.47. The van der Waals surface area contributed by atoms with Gasteiger partial charge in [-0.3, -0.25) is 9.55 Å². The predicted octanol–water partition coefficient (Wildman–Crippen LogP) is 3.86. The van der Waals surface area contributed by atoms with Gasteiger partial charge in [0, 0.05) is 49.1 Å². The van der Waals surface area contributed by atoms with E-state index in [1.165, 1.54) is 10.9 Å². The highest BCUT2D eigenvalue weighted by molar-refractivity contribution is 5.83. The minimum atomic E-state index is -0.147. The number of anilines is 1. The molecule has 0 aliphatic rings. The second-order valence-corrected chi connectivity index (χ2v) is 7.47. The fourth-order valence-electron chi connectivity index (χ4n) is 3.97. The summed E-state index contributed by atoms with van der Waals surface area (Å²) in [4.78, 5) is 23.1. The largest absolute Gasteiger partial charge is 0.463 e. The average molecular weight is 416 g/mol. The standard InChI is InChI=1S/C23H24N6O2/c30-23-27-22(25-9-8-17-15-26-19-6-2-1-5-18(17)19)21(20-7-3-14-31-20)29(23)12-4-11-28-13-10-24-16-28/h1-3,5-7,10,13-16,25-26H,4,8-9,11-12H2,(H,27,30). The Morgan fingerprint density at radius 1 is 1.13 bits per heavy atom. The Balaban J connectivity index is 1.33. The lowest BCUT2D eigenvalue weighted by Crippen LogP contribution is -2.18. The highest BCUT2D eigenvalue weighted by Gasteiger charge is 2.18. The smallest absolute Gasteiger partial charge is 0.327 e. The monoisotopic (exact) mass is 416 g/mol. The van der Waals surface area contributed by atoms with Crippen molar-refractivity contribution in [2.24, 2.45) is 0 Å².